The summed E-state index contributed by atoms with van der Waals surface area (Å²) in [7, 11) is -0.542. The Morgan fingerprint density at radius 1 is 1.36 bits per heavy atom. The number of likely N-dealkylation sites (tertiary alicyclic amines) is 1. The van der Waals surface area contributed by atoms with Gasteiger partial charge < -0.3 is 5.32 Å². The van der Waals surface area contributed by atoms with Crippen molar-refractivity contribution in [2.45, 2.75) is 44.6 Å². The van der Waals surface area contributed by atoms with Crippen LogP contribution in [0.25, 0.3) is 0 Å². The first kappa shape index (κ1) is 19.9. The quantitative estimate of drug-likeness (QED) is 0.867. The van der Waals surface area contributed by atoms with Gasteiger partial charge in [0.05, 0.1) is 10.9 Å². The Labute approximate surface area is 151 Å². The summed E-state index contributed by atoms with van der Waals surface area (Å²) in [4.78, 5) is 15.0. The summed E-state index contributed by atoms with van der Waals surface area (Å²) in [5, 5.41) is 2.91. The number of sulfonamides is 1. The van der Waals surface area contributed by atoms with Crippen molar-refractivity contribution in [3.63, 3.8) is 0 Å². The van der Waals surface area contributed by atoms with Gasteiger partial charge in [-0.25, -0.2) is 12.7 Å². The summed E-state index contributed by atoms with van der Waals surface area (Å²) in [6.07, 6.45) is 2.31. The summed E-state index contributed by atoms with van der Waals surface area (Å²) in [6, 6.07) is 4.58. The average Bonchev–Trinajstić information content (AvgIpc) is 2.55. The molecule has 0 unspecified atom stereocenters. The topological polar surface area (TPSA) is 69.7 Å². The molecule has 1 N–H and O–H groups in total. The molecular formula is C18H29N3O3S. The molecule has 1 aliphatic rings. The van der Waals surface area contributed by atoms with E-state index < -0.39 is 10.0 Å². The van der Waals surface area contributed by atoms with E-state index in [9.17, 15) is 13.2 Å². The molecule has 6 nitrogen and oxygen atoms in total. The monoisotopic (exact) mass is 367 g/mol. The predicted molar refractivity (Wildman–Crippen MR) is 100 cm³/mol. The summed E-state index contributed by atoms with van der Waals surface area (Å²) < 4.78 is 25.8. The summed E-state index contributed by atoms with van der Waals surface area (Å²) in [5.74, 6) is 0.496. The number of aryl methyl sites for hydroxylation is 1. The van der Waals surface area contributed by atoms with Crippen molar-refractivity contribution in [2.24, 2.45) is 5.92 Å². The summed E-state index contributed by atoms with van der Waals surface area (Å²) in [6.45, 7) is 7.81. The van der Waals surface area contributed by atoms with E-state index in [1.54, 1.807) is 12.1 Å². The van der Waals surface area contributed by atoms with Crippen LogP contribution in [0, 0.1) is 12.8 Å². The largest absolute Gasteiger partial charge is 0.324 e. The number of nitrogens with zero attached hydrogens (tertiary/aromatic N) is 2. The van der Waals surface area contributed by atoms with Crippen molar-refractivity contribution in [3.05, 3.63) is 23.8 Å². The van der Waals surface area contributed by atoms with Crippen LogP contribution in [0.2, 0.25) is 0 Å². The zero-order valence-electron chi connectivity index (χ0n) is 15.7. The molecule has 1 amide bonds. The van der Waals surface area contributed by atoms with Crippen LogP contribution in [-0.2, 0) is 14.8 Å². The van der Waals surface area contributed by atoms with Crippen LogP contribution in [0.5, 0.6) is 0 Å². The van der Waals surface area contributed by atoms with Crippen LogP contribution in [0.15, 0.2) is 23.1 Å². The van der Waals surface area contributed by atoms with E-state index in [1.165, 1.54) is 30.9 Å². The lowest BCUT2D eigenvalue weighted by Crippen LogP contribution is -2.46. The number of benzene rings is 1. The number of rotatable bonds is 5. The Morgan fingerprint density at radius 2 is 2.04 bits per heavy atom. The molecule has 1 heterocycles. The number of hydrogen-bond donors (Lipinski definition) is 1. The summed E-state index contributed by atoms with van der Waals surface area (Å²) >= 11 is 0. The van der Waals surface area contributed by atoms with Crippen molar-refractivity contribution in [3.8, 4) is 0 Å². The molecule has 1 aliphatic heterocycles. The first-order chi connectivity index (χ1) is 11.6. The van der Waals surface area contributed by atoms with E-state index in [2.05, 4.69) is 17.1 Å². The highest BCUT2D eigenvalue weighted by Gasteiger charge is 2.26. The minimum atomic E-state index is -3.53. The lowest BCUT2D eigenvalue weighted by Gasteiger charge is -2.34. The molecule has 1 fully saturated rings. The number of hydrogen-bond acceptors (Lipinski definition) is 4. The van der Waals surface area contributed by atoms with Crippen molar-refractivity contribution < 1.29 is 13.2 Å². The van der Waals surface area contributed by atoms with Crippen LogP contribution in [-0.4, -0.2) is 56.8 Å². The number of carbonyl (C=O) groups is 1. The highest BCUT2D eigenvalue weighted by molar-refractivity contribution is 7.89. The fraction of sp³-hybridized carbons (Fsp3) is 0.611. The van der Waals surface area contributed by atoms with Crippen molar-refractivity contribution in [1.82, 2.24) is 9.21 Å². The van der Waals surface area contributed by atoms with Gasteiger partial charge in [-0.05, 0) is 56.8 Å². The average molecular weight is 368 g/mol. The third-order valence-electron chi connectivity index (χ3n) is 4.86. The molecule has 1 aromatic rings. The number of carbonyl (C=O) groups excluding carboxylic acids is 1. The number of nitrogens with one attached hydrogen (secondary N) is 1. The van der Waals surface area contributed by atoms with Gasteiger partial charge in [0.15, 0.2) is 0 Å². The molecule has 0 saturated carbocycles. The molecule has 1 saturated heterocycles. The van der Waals surface area contributed by atoms with E-state index in [0.717, 1.165) is 25.1 Å². The minimum absolute atomic E-state index is 0.100. The molecule has 140 valence electrons. The number of amides is 1. The summed E-state index contributed by atoms with van der Waals surface area (Å²) in [5.41, 5.74) is 1.38. The van der Waals surface area contributed by atoms with Gasteiger partial charge in [-0.15, -0.1) is 0 Å². The van der Waals surface area contributed by atoms with Crippen LogP contribution in [0.3, 0.4) is 0 Å². The molecule has 0 radical (unpaired) electrons. The SMILES string of the molecule is Cc1ccc(S(=O)(=O)N(C)C)cc1NC(=O)[C@H](C)N1CCC[C@H](C)C1. The van der Waals surface area contributed by atoms with Crippen LogP contribution < -0.4 is 5.32 Å². The van der Waals surface area contributed by atoms with Gasteiger partial charge >= 0.3 is 0 Å². The molecule has 7 heteroatoms. The molecule has 0 aromatic heterocycles. The second kappa shape index (κ2) is 7.85. The minimum Gasteiger partial charge on any atom is -0.324 e. The molecule has 0 spiro atoms. The van der Waals surface area contributed by atoms with E-state index in [1.807, 2.05) is 13.8 Å². The van der Waals surface area contributed by atoms with Crippen LogP contribution >= 0.6 is 0 Å². The van der Waals surface area contributed by atoms with Gasteiger partial charge in [0, 0.05) is 26.3 Å². The van der Waals surface area contributed by atoms with Crippen molar-refractivity contribution in [2.75, 3.05) is 32.5 Å². The second-order valence-electron chi connectivity index (χ2n) is 7.17. The molecule has 25 heavy (non-hydrogen) atoms. The van der Waals surface area contributed by atoms with E-state index in [-0.39, 0.29) is 16.8 Å². The maximum Gasteiger partial charge on any atom is 0.242 e. The zero-order valence-corrected chi connectivity index (χ0v) is 16.6. The van der Waals surface area contributed by atoms with Crippen molar-refractivity contribution >= 4 is 21.6 Å². The Kier molecular flexibility index (Phi) is 6.24. The van der Waals surface area contributed by atoms with E-state index >= 15 is 0 Å². The van der Waals surface area contributed by atoms with Crippen LogP contribution in [0.4, 0.5) is 5.69 Å². The smallest absolute Gasteiger partial charge is 0.242 e. The van der Waals surface area contributed by atoms with Gasteiger partial charge in [0.25, 0.3) is 0 Å². The molecule has 0 aliphatic carbocycles. The van der Waals surface area contributed by atoms with Gasteiger partial charge in [0.1, 0.15) is 0 Å². The molecule has 2 rings (SSSR count). The Morgan fingerprint density at radius 3 is 2.64 bits per heavy atom. The second-order valence-corrected chi connectivity index (χ2v) is 9.32. The maximum atomic E-state index is 12.7. The lowest BCUT2D eigenvalue weighted by molar-refractivity contribution is -0.121. The Bertz CT molecular complexity index is 731. The standard InChI is InChI=1S/C18H29N3O3S/c1-13-7-6-10-21(12-13)15(3)18(22)19-17-11-16(9-8-14(17)2)25(23,24)20(4)5/h8-9,11,13,15H,6-7,10,12H2,1-5H3,(H,19,22)/t13-,15-/m0/s1. The van der Waals surface area contributed by atoms with E-state index in [4.69, 9.17) is 0 Å². The van der Waals surface area contributed by atoms with Gasteiger partial charge in [-0.1, -0.05) is 13.0 Å². The predicted octanol–water partition coefficient (Wildman–Crippen LogP) is 2.30. The third kappa shape index (κ3) is 4.59. The lowest BCUT2D eigenvalue weighted by atomic mass is 9.99. The van der Waals surface area contributed by atoms with Gasteiger partial charge in [-0.3, -0.25) is 9.69 Å². The first-order valence-corrected chi connectivity index (χ1v) is 10.1. The van der Waals surface area contributed by atoms with E-state index in [0.29, 0.717) is 11.6 Å². The first-order valence-electron chi connectivity index (χ1n) is 8.71. The Balaban J connectivity index is 2.17. The normalized spacial score (nSPS) is 20.5. The van der Waals surface area contributed by atoms with Gasteiger partial charge in [-0.2, -0.15) is 0 Å². The third-order valence-corrected chi connectivity index (χ3v) is 6.67. The molecule has 0 bridgehead atoms. The highest BCUT2D eigenvalue weighted by Crippen LogP contribution is 2.23. The highest BCUT2D eigenvalue weighted by atomic mass is 32.2. The number of anilines is 1. The zero-order chi connectivity index (χ0) is 18.8. The molecular weight excluding hydrogens is 338 g/mol. The maximum absolute atomic E-state index is 12.7. The van der Waals surface area contributed by atoms with Crippen LogP contribution in [0.1, 0.15) is 32.3 Å². The number of piperidine rings is 1. The Hall–Kier alpha value is -1.44. The molecule has 1 aromatic carbocycles. The fourth-order valence-electron chi connectivity index (χ4n) is 3.09. The van der Waals surface area contributed by atoms with Crippen molar-refractivity contribution in [1.29, 1.82) is 0 Å². The fourth-order valence-corrected chi connectivity index (χ4v) is 4.02. The molecule has 2 atom stereocenters. The van der Waals surface area contributed by atoms with Gasteiger partial charge in [0.2, 0.25) is 15.9 Å².